The van der Waals surface area contributed by atoms with E-state index in [9.17, 15) is 39.0 Å². The SMILES string of the molecule is CNC(=O)C1NC(=O)c2csc(n2)-c2ccc(-c3nc(C4=N[C@H](C(=O)N(C)CCN(C)C)CO4)cs3)nc2-c2csc(n2)-c2cnc(s2)C(C(O)c2ccccc2)NC(=O)CC(C)NC(=O)c2nc(sc2CO)C(C(C)C)NC(=O)c2nc1sc2C. The third-order valence-corrected chi connectivity index (χ3v) is 19.7. The summed E-state index contributed by atoms with van der Waals surface area (Å²) in [7, 11) is 7.03. The van der Waals surface area contributed by atoms with Crippen molar-refractivity contribution in [3.8, 4) is 42.5 Å². The number of likely N-dealkylation sites (N-methyl/N-ethyl adjacent to an activating group) is 3. The molecule has 1 aromatic carbocycles. The topological polar surface area (TPSA) is 321 Å². The number of carbonyl (C=O) groups is 6. The number of hydrogen-bond donors (Lipinski definition) is 7. The first-order valence-electron chi connectivity index (χ1n) is 27.0. The van der Waals surface area contributed by atoms with Crippen molar-refractivity contribution in [2.45, 2.75) is 77.0 Å². The minimum absolute atomic E-state index is 0.00464. The molecule has 0 fully saturated rings. The van der Waals surface area contributed by atoms with Gasteiger partial charge in [-0.25, -0.2) is 39.9 Å². The lowest BCUT2D eigenvalue weighted by Crippen LogP contribution is -2.40. The van der Waals surface area contributed by atoms with Gasteiger partial charge in [-0.3, -0.25) is 28.8 Å². The van der Waals surface area contributed by atoms with Gasteiger partial charge >= 0.3 is 0 Å². The van der Waals surface area contributed by atoms with Crippen LogP contribution in [-0.4, -0.2) is 156 Å². The van der Waals surface area contributed by atoms with Crippen LogP contribution in [0.3, 0.4) is 0 Å². The number of benzene rings is 1. The highest BCUT2D eigenvalue weighted by Gasteiger charge is 2.35. The number of carbonyl (C=O) groups excluding carboxylic acids is 6. The van der Waals surface area contributed by atoms with E-state index < -0.39 is 72.5 Å². The zero-order valence-electron chi connectivity index (χ0n) is 47.6. The molecule has 2 aliphatic rings. The second-order valence-electron chi connectivity index (χ2n) is 20.7. The van der Waals surface area contributed by atoms with Gasteiger partial charge in [0.05, 0.1) is 28.1 Å². The summed E-state index contributed by atoms with van der Waals surface area (Å²) in [6, 6.07) is 7.76. The molecule has 6 atom stereocenters. The number of thiazole rings is 6. The molecule has 6 amide bonds. The van der Waals surface area contributed by atoms with E-state index in [-0.39, 0.29) is 57.7 Å². The number of aliphatic imine (C=N–C) groups is 1. The van der Waals surface area contributed by atoms with Crippen LogP contribution in [0.2, 0.25) is 0 Å². The lowest BCUT2D eigenvalue weighted by molar-refractivity contribution is -0.131. The van der Waals surface area contributed by atoms with Gasteiger partial charge in [-0.2, -0.15) is 0 Å². The number of ether oxygens (including phenoxy) is 1. The van der Waals surface area contributed by atoms with Gasteiger partial charge in [-0.15, -0.1) is 68.0 Å². The van der Waals surface area contributed by atoms with Gasteiger partial charge < -0.3 is 51.3 Å². The Morgan fingerprint density at radius 2 is 1.43 bits per heavy atom. The predicted octanol–water partition coefficient (Wildman–Crippen LogP) is 6.21. The Morgan fingerprint density at radius 1 is 0.733 bits per heavy atom. The first kappa shape index (κ1) is 61.4. The van der Waals surface area contributed by atoms with E-state index >= 15 is 0 Å². The monoisotopic (exact) mass is 1280 g/mol. The molecule has 86 heavy (non-hydrogen) atoms. The number of pyridine rings is 1. The Labute approximate surface area is 517 Å². The van der Waals surface area contributed by atoms with Crippen molar-refractivity contribution in [3.05, 3.63) is 118 Å². The summed E-state index contributed by atoms with van der Waals surface area (Å²) < 4.78 is 5.92. The Bertz CT molecular complexity index is 3870. The van der Waals surface area contributed by atoms with Crippen LogP contribution >= 0.6 is 68.0 Å². The van der Waals surface area contributed by atoms with Crippen LogP contribution in [-0.2, 0) is 25.7 Å². The van der Waals surface area contributed by atoms with Crippen LogP contribution < -0.4 is 26.6 Å². The number of nitrogens with one attached hydrogen (secondary N) is 5. The van der Waals surface area contributed by atoms with Crippen LogP contribution in [0.5, 0.6) is 0 Å². The molecule has 0 saturated heterocycles. The van der Waals surface area contributed by atoms with Gasteiger partial charge in [-0.05, 0) is 51.6 Å². The second-order valence-corrected chi connectivity index (χ2v) is 26.7. The highest BCUT2D eigenvalue weighted by Crippen LogP contribution is 2.41. The second kappa shape index (κ2) is 26.5. The Balaban J connectivity index is 1.03. The molecule has 10 rings (SSSR count). The minimum atomic E-state index is -1.34. The molecule has 5 unspecified atom stereocenters. The molecule has 7 N–H and O–H groups in total. The standard InChI is InChI=1S/C56H59N15O9S6/c1-25(2)38-54-69-41(36(20-72)86-54)48(78)59-26(3)18-37(73)65-42(44(74)28-12-10-9-11-13-28)53-58-19-35(85-53)52-62-32(22-83-52)40-29(50-63-33(23-81-50)45(75)67-43(46(76)57-5)55-68-39(27(4)84-55)47(77)66-38)14-15-30(60-40)51-64-34(24-82-51)49-61-31(21-80-49)56(79)71(8)17-16-70(6)7/h9-15,19,22-26,31,38,42-44,72,74H,16-18,20-21H2,1-8H3,(H,57,76)(H,59,78)(H,65,73)(H,66,77)(H,67,75)/t26?,31-,38?,42?,43?,44?/m0/s1. The van der Waals surface area contributed by atoms with E-state index in [4.69, 9.17) is 29.7 Å². The summed E-state index contributed by atoms with van der Waals surface area (Å²) in [5, 5.41) is 43.9. The van der Waals surface area contributed by atoms with Crippen molar-refractivity contribution in [2.75, 3.05) is 47.9 Å². The Hall–Kier alpha value is -7.68. The molecule has 10 bridgehead atoms. The zero-order valence-corrected chi connectivity index (χ0v) is 52.5. The van der Waals surface area contributed by atoms with Crippen molar-refractivity contribution in [2.24, 2.45) is 10.9 Å². The van der Waals surface area contributed by atoms with Gasteiger partial charge in [0.15, 0.2) is 12.1 Å². The van der Waals surface area contributed by atoms with Crippen LogP contribution in [0.25, 0.3) is 42.5 Å². The third kappa shape index (κ3) is 13.5. The van der Waals surface area contributed by atoms with Gasteiger partial charge in [0.1, 0.15) is 83.0 Å². The summed E-state index contributed by atoms with van der Waals surface area (Å²) in [5.41, 5.74) is 2.63. The summed E-state index contributed by atoms with van der Waals surface area (Å²) >= 11 is 7.08. The van der Waals surface area contributed by atoms with Crippen LogP contribution in [0.4, 0.5) is 0 Å². The number of aromatic nitrogens is 7. The molecular weight excluding hydrogens is 1220 g/mol. The molecule has 24 nitrogen and oxygen atoms in total. The first-order valence-corrected chi connectivity index (χ1v) is 32.1. The van der Waals surface area contributed by atoms with Crippen LogP contribution in [0, 0.1) is 12.8 Å². The number of hydrogen-bond acceptors (Lipinski definition) is 24. The summed E-state index contributed by atoms with van der Waals surface area (Å²) in [4.78, 5) is 127. The fraction of sp³-hybridized carbons (Fsp3) is 0.357. The molecule has 0 spiro atoms. The van der Waals surface area contributed by atoms with Crippen molar-refractivity contribution in [1.29, 1.82) is 0 Å². The number of amides is 6. The van der Waals surface area contributed by atoms with Crippen molar-refractivity contribution < 1.29 is 43.7 Å². The number of aliphatic hydroxyl groups is 2. The lowest BCUT2D eigenvalue weighted by Gasteiger charge is -2.24. The van der Waals surface area contributed by atoms with E-state index in [0.29, 0.717) is 81.8 Å². The van der Waals surface area contributed by atoms with E-state index in [0.717, 1.165) is 34.0 Å². The fourth-order valence-electron chi connectivity index (χ4n) is 9.14. The van der Waals surface area contributed by atoms with Gasteiger partial charge in [0.25, 0.3) is 23.6 Å². The molecule has 2 aliphatic heterocycles. The van der Waals surface area contributed by atoms with E-state index in [1.807, 2.05) is 44.3 Å². The quantitative estimate of drug-likeness (QED) is 0.0757. The number of aliphatic hydroxyl groups excluding tert-OH is 2. The summed E-state index contributed by atoms with van der Waals surface area (Å²) in [6.45, 7) is 7.77. The molecular formula is C56H59N15O9S6. The van der Waals surface area contributed by atoms with Gasteiger partial charge in [0.2, 0.25) is 17.7 Å². The van der Waals surface area contributed by atoms with Crippen LogP contribution in [0.15, 0.2) is 69.8 Å². The number of fused-ring (bicyclic) bond motifs is 14. The predicted molar refractivity (Wildman–Crippen MR) is 329 cm³/mol. The number of nitrogens with zero attached hydrogens (tertiary/aromatic N) is 10. The average molecular weight is 1280 g/mol. The minimum Gasteiger partial charge on any atom is -0.473 e. The Morgan fingerprint density at radius 3 is 2.17 bits per heavy atom. The zero-order chi connectivity index (χ0) is 61.1. The molecule has 30 heteroatoms. The molecule has 448 valence electrons. The van der Waals surface area contributed by atoms with Gasteiger partial charge in [0, 0.05) is 72.4 Å². The Kier molecular flexibility index (Phi) is 18.9. The molecule has 0 radical (unpaired) electrons. The first-order chi connectivity index (χ1) is 41.3. The largest absolute Gasteiger partial charge is 0.473 e. The molecule has 0 saturated carbocycles. The highest BCUT2D eigenvalue weighted by atomic mass is 32.1. The van der Waals surface area contributed by atoms with Crippen molar-refractivity contribution in [1.82, 2.24) is 71.3 Å². The molecule has 7 aromatic heterocycles. The van der Waals surface area contributed by atoms with Crippen molar-refractivity contribution >= 4 is 109 Å². The van der Waals surface area contributed by atoms with E-state index in [1.54, 1.807) is 79.2 Å². The van der Waals surface area contributed by atoms with Gasteiger partial charge in [-0.1, -0.05) is 44.2 Å². The van der Waals surface area contributed by atoms with E-state index in [1.165, 1.54) is 41.1 Å². The molecule has 8 aromatic rings. The lowest BCUT2D eigenvalue weighted by atomic mass is 10.0. The molecule has 9 heterocycles. The molecule has 0 aliphatic carbocycles. The maximum absolute atomic E-state index is 14.3. The maximum Gasteiger partial charge on any atom is 0.271 e. The smallest absolute Gasteiger partial charge is 0.271 e. The third-order valence-electron chi connectivity index (χ3n) is 13.7. The highest BCUT2D eigenvalue weighted by molar-refractivity contribution is 7.21. The average Bonchev–Trinajstić information content (AvgIpc) is 3.73. The number of aryl methyl sites for hydroxylation is 1. The summed E-state index contributed by atoms with van der Waals surface area (Å²) in [5.74, 6) is -3.29. The van der Waals surface area contributed by atoms with E-state index in [2.05, 4.69) is 41.5 Å². The summed E-state index contributed by atoms with van der Waals surface area (Å²) in [6.07, 6.45) is 0.142. The van der Waals surface area contributed by atoms with Crippen molar-refractivity contribution in [3.63, 3.8) is 0 Å². The van der Waals surface area contributed by atoms with Crippen LogP contribution in [0.1, 0.15) is 119 Å². The fourth-order valence-corrected chi connectivity index (χ4v) is 14.7. The normalized spacial score (nSPS) is 18.9. The number of rotatable bonds is 11. The maximum atomic E-state index is 14.3.